The molecule has 0 amide bonds. The van der Waals surface area contributed by atoms with Crippen LogP contribution in [0.25, 0.3) is 0 Å². The standard InChI is InChI=1S/C6H5.BrH.FH.Zn/c1-2-4-6-5-3-1;;;/h1-5H;2*1H;/q;;;+2/p-2. The van der Waals surface area contributed by atoms with Gasteiger partial charge in [-0.25, -0.2) is 0 Å². The van der Waals surface area contributed by atoms with Crippen molar-refractivity contribution >= 4 is 17.8 Å². The molecule has 0 fully saturated rings. The first-order valence-electron chi connectivity index (χ1n) is 2.80. The predicted octanol–water partition coefficient (Wildman–Crippen LogP) is 2.12. The first-order chi connectivity index (χ1) is 4.30. The van der Waals surface area contributed by atoms with Crippen molar-refractivity contribution in [3.05, 3.63) is 30.3 Å². The van der Waals surface area contributed by atoms with Crippen molar-refractivity contribution in [2.45, 2.75) is 0 Å². The Bertz CT molecular complexity index is 176. The third-order valence-electron chi connectivity index (χ3n) is 1.15. The molecule has 0 aromatic heterocycles. The second-order valence-corrected chi connectivity index (χ2v) is 10.2. The van der Waals surface area contributed by atoms with E-state index in [4.69, 9.17) is 0 Å². The van der Waals surface area contributed by atoms with E-state index in [9.17, 15) is 3.32 Å². The van der Waals surface area contributed by atoms with Crippen molar-refractivity contribution in [1.82, 2.24) is 0 Å². The Morgan fingerprint density at radius 3 is 2.11 bits per heavy atom. The molecule has 0 N–H and O–H groups in total. The van der Waals surface area contributed by atoms with Crippen LogP contribution in [0.3, 0.4) is 0 Å². The molecule has 0 aliphatic rings. The van der Waals surface area contributed by atoms with Crippen molar-refractivity contribution in [3.8, 4) is 0 Å². The Morgan fingerprint density at radius 1 is 1.22 bits per heavy atom. The summed E-state index contributed by atoms with van der Waals surface area (Å²) >= 11 is 0.214. The van der Waals surface area contributed by atoms with Crippen LogP contribution < -0.4 is 4.16 Å². The quantitative estimate of drug-likeness (QED) is 0.661. The third kappa shape index (κ3) is 2.15. The van der Waals surface area contributed by atoms with E-state index >= 15 is 0 Å². The molecule has 0 bridgehead atoms. The van der Waals surface area contributed by atoms with Gasteiger partial charge in [-0.3, -0.25) is 0 Å². The van der Waals surface area contributed by atoms with Crippen LogP contribution in [-0.4, -0.2) is 0 Å². The molecule has 0 atom stereocenters. The molecule has 1 aromatic rings. The van der Waals surface area contributed by atoms with E-state index in [0.717, 1.165) is 4.16 Å². The fourth-order valence-electron chi connectivity index (χ4n) is 0.656. The molecule has 0 heterocycles. The van der Waals surface area contributed by atoms with E-state index in [1.165, 1.54) is 0 Å². The van der Waals surface area contributed by atoms with Crippen LogP contribution in [-0.2, 0) is 14.5 Å². The average Bonchev–Trinajstić information content (AvgIpc) is 1.90. The van der Waals surface area contributed by atoms with Gasteiger partial charge in [0.05, 0.1) is 0 Å². The molecule has 1 rings (SSSR count). The van der Waals surface area contributed by atoms with E-state index in [-0.39, 0.29) is 0 Å². The summed E-state index contributed by atoms with van der Waals surface area (Å²) < 4.78 is 13.4. The summed E-state index contributed by atoms with van der Waals surface area (Å²) in [4.78, 5) is 0. The number of rotatable bonds is 1. The summed E-state index contributed by atoms with van der Waals surface area (Å²) in [6.45, 7) is 0. The van der Waals surface area contributed by atoms with Crippen LogP contribution in [0, 0.1) is 0 Å². The zero-order chi connectivity index (χ0) is 6.69. The monoisotopic (exact) mass is 239 g/mol. The van der Waals surface area contributed by atoms with E-state index in [2.05, 4.69) is 13.6 Å². The number of hydrogen-bond acceptors (Lipinski definition) is 0. The molecule has 0 saturated carbocycles. The van der Waals surface area contributed by atoms with Gasteiger partial charge >= 0.3 is 65.9 Å². The van der Waals surface area contributed by atoms with Crippen LogP contribution in [0.2, 0.25) is 0 Å². The van der Waals surface area contributed by atoms with Gasteiger partial charge in [-0.2, -0.15) is 0 Å². The molecule has 0 nitrogen and oxygen atoms in total. The van der Waals surface area contributed by atoms with Gasteiger partial charge in [0.2, 0.25) is 0 Å². The molecule has 1 aromatic carbocycles. The Morgan fingerprint density at radius 2 is 1.78 bits per heavy atom. The molecule has 0 aliphatic carbocycles. The molecule has 0 spiro atoms. The zero-order valence-corrected chi connectivity index (χ0v) is 9.40. The third-order valence-corrected chi connectivity index (χ3v) is 6.80. The summed E-state index contributed by atoms with van der Waals surface area (Å²) in [5.74, 6) is 0. The number of halogens is 2. The van der Waals surface area contributed by atoms with Gasteiger partial charge in [0.15, 0.2) is 0 Å². The first-order valence-corrected chi connectivity index (χ1v) is 12.4. The van der Waals surface area contributed by atoms with Gasteiger partial charge in [-0.1, -0.05) is 0 Å². The van der Waals surface area contributed by atoms with Gasteiger partial charge in [0.1, 0.15) is 0 Å². The van der Waals surface area contributed by atoms with Gasteiger partial charge in [-0.05, 0) is 0 Å². The molecular formula is C6H5BrFZn. The molecule has 0 unspecified atom stereocenters. The number of hydrogen-bond donors (Lipinski definition) is 0. The molecule has 0 radical (unpaired) electrons. The maximum atomic E-state index is 12.6. The van der Waals surface area contributed by atoms with E-state index in [0.29, 0.717) is 0 Å². The summed E-state index contributed by atoms with van der Waals surface area (Å²) in [5, 5.41) is 0. The predicted molar refractivity (Wildman–Crippen MR) is 36.1 cm³/mol. The summed E-state index contributed by atoms with van der Waals surface area (Å²) in [6, 6.07) is 9.27. The molecule has 45 valence electrons. The second kappa shape index (κ2) is 3.43. The summed E-state index contributed by atoms with van der Waals surface area (Å²) in [7, 11) is 0. The van der Waals surface area contributed by atoms with Gasteiger partial charge in [0, 0.05) is 0 Å². The van der Waals surface area contributed by atoms with Crippen molar-refractivity contribution in [2.75, 3.05) is 0 Å². The minimum atomic E-state index is -2.81. The van der Waals surface area contributed by atoms with Gasteiger partial charge in [0.25, 0.3) is 0 Å². The van der Waals surface area contributed by atoms with E-state index in [1.54, 1.807) is 0 Å². The summed E-state index contributed by atoms with van der Waals surface area (Å²) in [5.41, 5.74) is 0. The Balaban J connectivity index is 2.85. The van der Waals surface area contributed by atoms with Crippen molar-refractivity contribution < 1.29 is 17.8 Å². The molecule has 0 aliphatic heterocycles. The first kappa shape index (κ1) is 7.36. The van der Waals surface area contributed by atoms with Crippen LogP contribution in [0.4, 0.5) is 3.32 Å². The Kier molecular flexibility index (Phi) is 2.80. The fraction of sp³-hybridized carbons (Fsp3) is 0. The van der Waals surface area contributed by atoms with Crippen molar-refractivity contribution in [3.63, 3.8) is 0 Å². The topological polar surface area (TPSA) is 0 Å². The number of benzene rings is 1. The van der Waals surface area contributed by atoms with Crippen LogP contribution >= 0.6 is 13.6 Å². The van der Waals surface area contributed by atoms with Gasteiger partial charge in [-0.15, -0.1) is 0 Å². The SMILES string of the molecule is [F][Zn]([Br])[c]1ccccc1. The summed E-state index contributed by atoms with van der Waals surface area (Å²) in [6.07, 6.45) is 0. The molecule has 9 heavy (non-hydrogen) atoms. The van der Waals surface area contributed by atoms with Crippen LogP contribution in [0.5, 0.6) is 0 Å². The van der Waals surface area contributed by atoms with Gasteiger partial charge < -0.3 is 0 Å². The van der Waals surface area contributed by atoms with Crippen LogP contribution in [0.1, 0.15) is 0 Å². The van der Waals surface area contributed by atoms with Crippen LogP contribution in [0.15, 0.2) is 30.3 Å². The molecule has 0 saturated heterocycles. The zero-order valence-electron chi connectivity index (χ0n) is 4.85. The maximum absolute atomic E-state index is 12.6. The molecular weight excluding hydrogens is 236 g/mol. The van der Waals surface area contributed by atoms with Crippen molar-refractivity contribution in [2.24, 2.45) is 0 Å². The second-order valence-electron chi connectivity index (χ2n) is 1.85. The van der Waals surface area contributed by atoms with E-state index < -0.39 is 14.5 Å². The molecule has 3 heteroatoms. The Hall–Kier alpha value is 0.253. The Labute approximate surface area is 65.9 Å². The minimum absolute atomic E-state index is 0.873. The van der Waals surface area contributed by atoms with E-state index in [1.807, 2.05) is 30.3 Å². The van der Waals surface area contributed by atoms with Crippen molar-refractivity contribution in [1.29, 1.82) is 0 Å². The fourth-order valence-corrected chi connectivity index (χ4v) is 3.92. The normalized spacial score (nSPS) is 9.11. The average molecular weight is 241 g/mol.